The number of hydrogen-bond donors (Lipinski definition) is 1. The summed E-state index contributed by atoms with van der Waals surface area (Å²) in [5, 5.41) is 9.28. The first-order valence-corrected chi connectivity index (χ1v) is 7.32. The molecule has 2 rings (SSSR count). The number of hydrogen-bond acceptors (Lipinski definition) is 3. The molecule has 1 atom stereocenters. The van der Waals surface area contributed by atoms with Crippen LogP contribution in [0.5, 0.6) is 0 Å². The van der Waals surface area contributed by atoms with Crippen LogP contribution in [0.2, 0.25) is 0 Å². The monoisotopic (exact) mass is 367 g/mol. The number of ether oxygens (including phenoxy) is 1. The smallest absolute Gasteiger partial charge is 0.394 e. The summed E-state index contributed by atoms with van der Waals surface area (Å²) >= 11 is 3.08. The third-order valence-corrected chi connectivity index (χ3v) is 3.78. The van der Waals surface area contributed by atoms with Crippen molar-refractivity contribution in [3.8, 4) is 0 Å². The van der Waals surface area contributed by atoms with Crippen LogP contribution in [0, 0.1) is 0 Å². The average Bonchev–Trinajstić information content (AvgIpc) is 2.35. The van der Waals surface area contributed by atoms with Gasteiger partial charge in [0, 0.05) is 23.2 Å². The van der Waals surface area contributed by atoms with Crippen molar-refractivity contribution < 1.29 is 23.0 Å². The van der Waals surface area contributed by atoms with Crippen molar-refractivity contribution in [3.63, 3.8) is 0 Å². The SMILES string of the molecule is CC1(C)CN(c2ccc(Br)cc2C(F)(F)F)CC(CO)O1. The van der Waals surface area contributed by atoms with E-state index in [4.69, 9.17) is 4.74 Å². The topological polar surface area (TPSA) is 32.7 Å². The molecule has 1 aromatic carbocycles. The van der Waals surface area contributed by atoms with Gasteiger partial charge in [-0.1, -0.05) is 15.9 Å². The highest BCUT2D eigenvalue weighted by Gasteiger charge is 2.39. The Labute approximate surface area is 129 Å². The van der Waals surface area contributed by atoms with E-state index in [0.717, 1.165) is 6.07 Å². The third kappa shape index (κ3) is 3.90. The van der Waals surface area contributed by atoms with E-state index in [9.17, 15) is 18.3 Å². The lowest BCUT2D eigenvalue weighted by Crippen LogP contribution is -2.54. The number of aliphatic hydroxyl groups excluding tert-OH is 1. The number of aliphatic hydroxyl groups is 1. The van der Waals surface area contributed by atoms with Crippen molar-refractivity contribution in [3.05, 3.63) is 28.2 Å². The molecule has 0 aromatic heterocycles. The van der Waals surface area contributed by atoms with E-state index in [1.807, 2.05) is 0 Å². The first kappa shape index (κ1) is 16.6. The number of benzene rings is 1. The molecule has 0 spiro atoms. The van der Waals surface area contributed by atoms with Gasteiger partial charge < -0.3 is 14.7 Å². The van der Waals surface area contributed by atoms with Gasteiger partial charge in [0.2, 0.25) is 0 Å². The van der Waals surface area contributed by atoms with Gasteiger partial charge >= 0.3 is 6.18 Å². The lowest BCUT2D eigenvalue weighted by Gasteiger charge is -2.44. The Morgan fingerprint density at radius 3 is 2.67 bits per heavy atom. The predicted molar refractivity (Wildman–Crippen MR) is 77.4 cm³/mol. The van der Waals surface area contributed by atoms with Gasteiger partial charge in [-0.15, -0.1) is 0 Å². The second kappa shape index (κ2) is 5.78. The molecule has 1 N–H and O–H groups in total. The summed E-state index contributed by atoms with van der Waals surface area (Å²) in [5.41, 5.74) is -1.20. The van der Waals surface area contributed by atoms with Crippen LogP contribution < -0.4 is 4.90 Å². The molecule has 0 radical (unpaired) electrons. The molecule has 1 aliphatic rings. The van der Waals surface area contributed by atoms with E-state index < -0.39 is 23.4 Å². The first-order chi connectivity index (χ1) is 9.62. The summed E-state index contributed by atoms with van der Waals surface area (Å²) in [6, 6.07) is 4.11. The zero-order chi connectivity index (χ0) is 15.8. The molecule has 1 aromatic rings. The van der Waals surface area contributed by atoms with Gasteiger partial charge in [-0.2, -0.15) is 13.2 Å². The summed E-state index contributed by atoms with van der Waals surface area (Å²) in [6.45, 7) is 3.93. The van der Waals surface area contributed by atoms with Crippen molar-refractivity contribution in [1.29, 1.82) is 0 Å². The van der Waals surface area contributed by atoms with Crippen molar-refractivity contribution >= 4 is 21.6 Å². The van der Waals surface area contributed by atoms with Crippen LogP contribution >= 0.6 is 15.9 Å². The maximum atomic E-state index is 13.2. The maximum Gasteiger partial charge on any atom is 0.418 e. The molecule has 3 nitrogen and oxygen atoms in total. The van der Waals surface area contributed by atoms with E-state index in [-0.39, 0.29) is 18.8 Å². The number of halogens is 4. The summed E-state index contributed by atoms with van der Waals surface area (Å²) in [5.74, 6) is 0. The number of anilines is 1. The molecule has 1 heterocycles. The Morgan fingerprint density at radius 1 is 1.43 bits per heavy atom. The van der Waals surface area contributed by atoms with Gasteiger partial charge in [-0.05, 0) is 32.0 Å². The van der Waals surface area contributed by atoms with Gasteiger partial charge in [0.05, 0.1) is 23.9 Å². The van der Waals surface area contributed by atoms with Crippen molar-refractivity contribution in [2.45, 2.75) is 31.7 Å². The lowest BCUT2D eigenvalue weighted by molar-refractivity contribution is -0.137. The van der Waals surface area contributed by atoms with Crippen LogP contribution in [0.4, 0.5) is 18.9 Å². The van der Waals surface area contributed by atoms with Gasteiger partial charge in [-0.25, -0.2) is 0 Å². The molecule has 1 unspecified atom stereocenters. The highest BCUT2D eigenvalue weighted by molar-refractivity contribution is 9.10. The fourth-order valence-corrected chi connectivity index (χ4v) is 2.95. The minimum Gasteiger partial charge on any atom is -0.394 e. The van der Waals surface area contributed by atoms with Crippen molar-refractivity contribution in [2.24, 2.45) is 0 Å². The molecule has 7 heteroatoms. The van der Waals surface area contributed by atoms with E-state index >= 15 is 0 Å². The summed E-state index contributed by atoms with van der Waals surface area (Å²) in [6.07, 6.45) is -4.94. The first-order valence-electron chi connectivity index (χ1n) is 6.53. The molecule has 21 heavy (non-hydrogen) atoms. The summed E-state index contributed by atoms with van der Waals surface area (Å²) in [7, 11) is 0. The highest BCUT2D eigenvalue weighted by Crippen LogP contribution is 2.39. The predicted octanol–water partition coefficient (Wildman–Crippen LogP) is 3.44. The molecular weight excluding hydrogens is 351 g/mol. The molecule has 0 bridgehead atoms. The standard InChI is InChI=1S/C14H17BrF3NO2/c1-13(2)8-19(6-10(7-20)21-13)12-4-3-9(15)5-11(12)14(16,17)18/h3-5,10,20H,6-8H2,1-2H3. The Balaban J connectivity index is 2.41. The Hall–Kier alpha value is -0.790. The maximum absolute atomic E-state index is 13.2. The molecule has 1 aliphatic heterocycles. The number of rotatable bonds is 2. The molecule has 0 amide bonds. The van der Waals surface area contributed by atoms with Crippen molar-refractivity contribution in [1.82, 2.24) is 0 Å². The number of nitrogens with zero attached hydrogens (tertiary/aromatic N) is 1. The minimum atomic E-state index is -4.43. The fraction of sp³-hybridized carbons (Fsp3) is 0.571. The fourth-order valence-electron chi connectivity index (χ4n) is 2.59. The van der Waals surface area contributed by atoms with E-state index in [1.54, 1.807) is 24.8 Å². The third-order valence-electron chi connectivity index (χ3n) is 3.29. The van der Waals surface area contributed by atoms with Crippen LogP contribution in [-0.2, 0) is 10.9 Å². The second-order valence-corrected chi connectivity index (χ2v) is 6.64. The molecule has 118 valence electrons. The van der Waals surface area contributed by atoms with Crippen molar-refractivity contribution in [2.75, 3.05) is 24.6 Å². The summed E-state index contributed by atoms with van der Waals surface area (Å²) < 4.78 is 45.7. The largest absolute Gasteiger partial charge is 0.418 e. The molecule has 0 saturated carbocycles. The van der Waals surface area contributed by atoms with Gasteiger partial charge in [0.15, 0.2) is 0 Å². The summed E-state index contributed by atoms with van der Waals surface area (Å²) in [4.78, 5) is 1.62. The van der Waals surface area contributed by atoms with E-state index in [1.165, 1.54) is 6.07 Å². The molecular formula is C14H17BrF3NO2. The normalized spacial score (nSPS) is 22.4. The molecule has 1 saturated heterocycles. The second-order valence-electron chi connectivity index (χ2n) is 5.72. The minimum absolute atomic E-state index is 0.112. The van der Waals surface area contributed by atoms with Crippen LogP contribution in [0.1, 0.15) is 19.4 Å². The van der Waals surface area contributed by atoms with Gasteiger partial charge in [0.1, 0.15) is 0 Å². The van der Waals surface area contributed by atoms with Crippen LogP contribution in [0.25, 0.3) is 0 Å². The van der Waals surface area contributed by atoms with Crippen LogP contribution in [0.15, 0.2) is 22.7 Å². The quantitative estimate of drug-likeness (QED) is 0.868. The molecule has 1 fully saturated rings. The lowest BCUT2D eigenvalue weighted by atomic mass is 10.0. The Morgan fingerprint density at radius 2 is 2.10 bits per heavy atom. The number of alkyl halides is 3. The van der Waals surface area contributed by atoms with E-state index in [0.29, 0.717) is 11.0 Å². The Bertz CT molecular complexity index is 519. The van der Waals surface area contributed by atoms with Crippen LogP contribution in [0.3, 0.4) is 0 Å². The Kier molecular flexibility index (Phi) is 4.56. The average molecular weight is 368 g/mol. The zero-order valence-corrected chi connectivity index (χ0v) is 13.3. The number of morpholine rings is 1. The molecule has 0 aliphatic carbocycles. The van der Waals surface area contributed by atoms with E-state index in [2.05, 4.69) is 15.9 Å². The van der Waals surface area contributed by atoms with Gasteiger partial charge in [-0.3, -0.25) is 0 Å². The van der Waals surface area contributed by atoms with Crippen LogP contribution in [-0.4, -0.2) is 36.5 Å². The van der Waals surface area contributed by atoms with Gasteiger partial charge in [0.25, 0.3) is 0 Å². The highest BCUT2D eigenvalue weighted by atomic mass is 79.9. The zero-order valence-electron chi connectivity index (χ0n) is 11.7.